The number of carbonyl (C=O) groups is 1. The molecule has 0 unspecified atom stereocenters. The van der Waals surface area contributed by atoms with E-state index < -0.39 is 0 Å². The summed E-state index contributed by atoms with van der Waals surface area (Å²) >= 11 is 5.93. The van der Waals surface area contributed by atoms with Crippen molar-refractivity contribution in [1.29, 1.82) is 0 Å². The van der Waals surface area contributed by atoms with Crippen molar-refractivity contribution in [3.05, 3.63) is 23.7 Å². The minimum Gasteiger partial charge on any atom is -0.466 e. The summed E-state index contributed by atoms with van der Waals surface area (Å²) in [6.07, 6.45) is 2.88. The van der Waals surface area contributed by atoms with Crippen LogP contribution in [-0.2, 0) is 22.0 Å². The molecular formula is C14H18ClN3O2. The van der Waals surface area contributed by atoms with Crippen molar-refractivity contribution in [1.82, 2.24) is 14.5 Å². The molecule has 0 N–H and O–H groups in total. The van der Waals surface area contributed by atoms with Crippen molar-refractivity contribution in [2.45, 2.75) is 39.1 Å². The van der Waals surface area contributed by atoms with Crippen LogP contribution in [0.5, 0.6) is 0 Å². The topological polar surface area (TPSA) is 57.0 Å². The third-order valence-electron chi connectivity index (χ3n) is 2.99. The van der Waals surface area contributed by atoms with Crippen LogP contribution >= 0.6 is 11.6 Å². The molecule has 0 bridgehead atoms. The van der Waals surface area contributed by atoms with Gasteiger partial charge in [0.05, 0.1) is 12.5 Å². The summed E-state index contributed by atoms with van der Waals surface area (Å²) in [6.45, 7) is 4.86. The maximum atomic E-state index is 11.3. The van der Waals surface area contributed by atoms with Gasteiger partial charge in [-0.2, -0.15) is 0 Å². The number of pyridine rings is 1. The average Bonchev–Trinajstić information content (AvgIpc) is 2.76. The highest BCUT2D eigenvalue weighted by molar-refractivity contribution is 6.16. The lowest BCUT2D eigenvalue weighted by Gasteiger charge is -2.07. The van der Waals surface area contributed by atoms with Gasteiger partial charge in [0.2, 0.25) is 0 Å². The van der Waals surface area contributed by atoms with E-state index in [-0.39, 0.29) is 5.97 Å². The highest BCUT2D eigenvalue weighted by atomic mass is 35.5. The molecule has 5 nitrogen and oxygen atoms in total. The number of aromatic nitrogens is 3. The van der Waals surface area contributed by atoms with Crippen molar-refractivity contribution in [2.75, 3.05) is 6.61 Å². The van der Waals surface area contributed by atoms with Crippen molar-refractivity contribution >= 4 is 28.7 Å². The van der Waals surface area contributed by atoms with E-state index in [1.54, 1.807) is 6.92 Å². The van der Waals surface area contributed by atoms with E-state index in [0.717, 1.165) is 22.6 Å². The third-order valence-corrected chi connectivity index (χ3v) is 3.23. The molecule has 0 spiro atoms. The van der Waals surface area contributed by atoms with Crippen LogP contribution in [-0.4, -0.2) is 27.1 Å². The highest BCUT2D eigenvalue weighted by Gasteiger charge is 2.12. The van der Waals surface area contributed by atoms with Crippen LogP contribution in [0.4, 0.5) is 0 Å². The van der Waals surface area contributed by atoms with Crippen molar-refractivity contribution < 1.29 is 9.53 Å². The molecule has 2 aromatic rings. The molecule has 0 aliphatic heterocycles. The number of fused-ring (bicyclic) bond motifs is 1. The highest BCUT2D eigenvalue weighted by Crippen LogP contribution is 2.17. The molecular weight excluding hydrogens is 278 g/mol. The van der Waals surface area contributed by atoms with Crippen molar-refractivity contribution in [3.8, 4) is 0 Å². The van der Waals surface area contributed by atoms with Crippen LogP contribution in [0.1, 0.15) is 31.2 Å². The Balaban J connectivity index is 2.14. The first-order chi connectivity index (χ1) is 9.65. The van der Waals surface area contributed by atoms with Crippen LogP contribution in [0.3, 0.4) is 0 Å². The lowest BCUT2D eigenvalue weighted by Crippen LogP contribution is -2.08. The number of imidazole rings is 1. The Kier molecular flexibility index (Phi) is 4.95. The Hall–Kier alpha value is -1.62. The molecule has 2 aromatic heterocycles. The lowest BCUT2D eigenvalue weighted by atomic mass is 10.3. The minimum absolute atomic E-state index is 0.173. The number of carbonyl (C=O) groups excluding carboxylic acids is 1. The molecule has 6 heteroatoms. The predicted molar refractivity (Wildman–Crippen MR) is 77.7 cm³/mol. The Bertz CT molecular complexity index is 610. The first kappa shape index (κ1) is 14.8. The molecule has 0 amide bonds. The number of ether oxygens (including phenoxy) is 1. The smallest absolute Gasteiger partial charge is 0.305 e. The molecule has 2 heterocycles. The second-order valence-corrected chi connectivity index (χ2v) is 4.84. The van der Waals surface area contributed by atoms with Crippen LogP contribution in [0.25, 0.3) is 11.2 Å². The first-order valence-electron chi connectivity index (χ1n) is 6.69. The van der Waals surface area contributed by atoms with Crippen LogP contribution in [0.2, 0.25) is 0 Å². The van der Waals surface area contributed by atoms with E-state index in [1.807, 2.05) is 23.8 Å². The van der Waals surface area contributed by atoms with E-state index in [1.165, 1.54) is 0 Å². The van der Waals surface area contributed by atoms with Gasteiger partial charge in [-0.05, 0) is 31.9 Å². The summed E-state index contributed by atoms with van der Waals surface area (Å²) in [5, 5.41) is 0. The molecule has 0 aliphatic rings. The summed E-state index contributed by atoms with van der Waals surface area (Å²) < 4.78 is 6.89. The monoisotopic (exact) mass is 295 g/mol. The Morgan fingerprint density at radius 3 is 3.00 bits per heavy atom. The van der Waals surface area contributed by atoms with Gasteiger partial charge in [0, 0.05) is 19.2 Å². The van der Waals surface area contributed by atoms with Gasteiger partial charge < -0.3 is 9.30 Å². The van der Waals surface area contributed by atoms with Gasteiger partial charge in [-0.1, -0.05) is 0 Å². The quantitative estimate of drug-likeness (QED) is 0.607. The molecule has 108 valence electrons. The van der Waals surface area contributed by atoms with Crippen LogP contribution in [0.15, 0.2) is 12.3 Å². The zero-order valence-corrected chi connectivity index (χ0v) is 12.5. The fourth-order valence-electron chi connectivity index (χ4n) is 2.11. The zero-order chi connectivity index (χ0) is 14.5. The zero-order valence-electron chi connectivity index (χ0n) is 11.7. The second kappa shape index (κ2) is 6.70. The normalized spacial score (nSPS) is 10.9. The fraction of sp³-hybridized carbons (Fsp3) is 0.500. The number of halogens is 1. The van der Waals surface area contributed by atoms with Gasteiger partial charge in [0.25, 0.3) is 0 Å². The predicted octanol–water partition coefficient (Wildman–Crippen LogP) is 2.82. The van der Waals surface area contributed by atoms with E-state index in [4.69, 9.17) is 16.3 Å². The van der Waals surface area contributed by atoms with Gasteiger partial charge in [-0.15, -0.1) is 11.6 Å². The molecule has 0 aliphatic carbocycles. The third kappa shape index (κ3) is 3.28. The molecule has 0 radical (unpaired) electrons. The maximum absolute atomic E-state index is 11.3. The van der Waals surface area contributed by atoms with Gasteiger partial charge in [0.15, 0.2) is 5.65 Å². The summed E-state index contributed by atoms with van der Waals surface area (Å²) in [6, 6.07) is 1.99. The largest absolute Gasteiger partial charge is 0.466 e. The Labute approximate surface area is 122 Å². The molecule has 0 fully saturated rings. The first-order valence-corrected chi connectivity index (χ1v) is 7.22. The molecule has 0 saturated carbocycles. The van der Waals surface area contributed by atoms with Crippen LogP contribution < -0.4 is 0 Å². The number of rotatable bonds is 6. The summed E-state index contributed by atoms with van der Waals surface area (Å²) in [5.74, 6) is 0.936. The lowest BCUT2D eigenvalue weighted by molar-refractivity contribution is -0.143. The summed E-state index contributed by atoms with van der Waals surface area (Å²) in [7, 11) is 0. The Morgan fingerprint density at radius 1 is 1.50 bits per heavy atom. The number of alkyl halides is 1. The van der Waals surface area contributed by atoms with E-state index >= 15 is 0 Å². The molecule has 0 saturated heterocycles. The number of hydrogen-bond donors (Lipinski definition) is 0. The minimum atomic E-state index is -0.173. The van der Waals surface area contributed by atoms with Crippen molar-refractivity contribution in [3.63, 3.8) is 0 Å². The van der Waals surface area contributed by atoms with E-state index in [9.17, 15) is 4.79 Å². The Morgan fingerprint density at radius 2 is 2.30 bits per heavy atom. The van der Waals surface area contributed by atoms with Gasteiger partial charge in [0.1, 0.15) is 11.3 Å². The molecule has 20 heavy (non-hydrogen) atoms. The van der Waals surface area contributed by atoms with Gasteiger partial charge >= 0.3 is 5.97 Å². The number of hydrogen-bond acceptors (Lipinski definition) is 4. The standard InChI is InChI=1S/C14H18ClN3O2/c1-3-20-13(19)5-4-6-18-12(8-15)17-11-7-10(2)9-16-14(11)18/h7,9H,3-6,8H2,1-2H3. The average molecular weight is 296 g/mol. The molecule has 0 aromatic carbocycles. The summed E-state index contributed by atoms with van der Waals surface area (Å²) in [4.78, 5) is 20.2. The number of nitrogens with zero attached hydrogens (tertiary/aromatic N) is 3. The molecule has 0 atom stereocenters. The maximum Gasteiger partial charge on any atom is 0.305 e. The summed E-state index contributed by atoms with van der Waals surface area (Å²) in [5.41, 5.74) is 2.72. The van der Waals surface area contributed by atoms with Gasteiger partial charge in [-0.3, -0.25) is 4.79 Å². The van der Waals surface area contributed by atoms with Crippen LogP contribution in [0, 0.1) is 6.92 Å². The van der Waals surface area contributed by atoms with Crippen molar-refractivity contribution in [2.24, 2.45) is 0 Å². The van der Waals surface area contributed by atoms with Gasteiger partial charge in [-0.25, -0.2) is 9.97 Å². The second-order valence-electron chi connectivity index (χ2n) is 4.58. The SMILES string of the molecule is CCOC(=O)CCCn1c(CCl)nc2cc(C)cnc21. The number of esters is 1. The number of aryl methyl sites for hydroxylation is 2. The van der Waals surface area contributed by atoms with E-state index in [2.05, 4.69) is 9.97 Å². The fourth-order valence-corrected chi connectivity index (χ4v) is 2.31. The molecule has 2 rings (SSSR count). The van der Waals surface area contributed by atoms with E-state index in [0.29, 0.717) is 31.9 Å².